The van der Waals surface area contributed by atoms with Gasteiger partial charge in [0.2, 0.25) is 0 Å². The number of fused-ring (bicyclic) bond motifs is 1. The third kappa shape index (κ3) is 4.66. The number of hydrogen-bond acceptors (Lipinski definition) is 6. The van der Waals surface area contributed by atoms with Gasteiger partial charge in [-0.15, -0.1) is 5.10 Å². The number of hydrogen-bond donors (Lipinski definition) is 0. The van der Waals surface area contributed by atoms with Gasteiger partial charge in [0.25, 0.3) is 5.56 Å². The van der Waals surface area contributed by atoms with E-state index in [1.165, 1.54) is 12.8 Å². The number of rotatable bonds is 4. The molecule has 0 atom stereocenters. The van der Waals surface area contributed by atoms with E-state index >= 15 is 0 Å². The average molecular weight is 397 g/mol. The minimum absolute atomic E-state index is 0.0209. The first-order valence-corrected chi connectivity index (χ1v) is 10.8. The monoisotopic (exact) mass is 396 g/mol. The number of aryl methyl sites for hydroxylation is 2. The lowest BCUT2D eigenvalue weighted by Crippen LogP contribution is -2.48. The van der Waals surface area contributed by atoms with Gasteiger partial charge in [-0.05, 0) is 43.4 Å². The van der Waals surface area contributed by atoms with Gasteiger partial charge in [0.05, 0.1) is 17.9 Å². The van der Waals surface area contributed by atoms with E-state index in [0.29, 0.717) is 6.54 Å². The molecule has 4 rings (SSSR count). The summed E-state index contributed by atoms with van der Waals surface area (Å²) in [5.41, 5.74) is 3.36. The molecule has 0 spiro atoms. The van der Waals surface area contributed by atoms with Crippen LogP contribution in [0.15, 0.2) is 23.0 Å². The zero-order valence-corrected chi connectivity index (χ0v) is 17.9. The van der Waals surface area contributed by atoms with E-state index in [9.17, 15) is 4.79 Å². The normalized spacial score (nSPS) is 18.0. The van der Waals surface area contributed by atoms with E-state index < -0.39 is 0 Å². The van der Waals surface area contributed by atoms with Gasteiger partial charge in [-0.25, -0.2) is 4.68 Å². The van der Waals surface area contributed by atoms with Crippen LogP contribution in [0.5, 0.6) is 0 Å². The van der Waals surface area contributed by atoms with Crippen LogP contribution in [0.2, 0.25) is 0 Å². The van der Waals surface area contributed by atoms with Crippen molar-refractivity contribution in [1.29, 1.82) is 0 Å². The molecule has 0 unspecified atom stereocenters. The fraction of sp³-hybridized carbons (Fsp3) is 0.636. The van der Waals surface area contributed by atoms with Gasteiger partial charge < -0.3 is 4.90 Å². The van der Waals surface area contributed by atoms with Crippen molar-refractivity contribution in [2.45, 2.75) is 58.4 Å². The fourth-order valence-electron chi connectivity index (χ4n) is 4.09. The molecule has 2 aromatic rings. The quantitative estimate of drug-likeness (QED) is 0.788. The first-order valence-electron chi connectivity index (χ1n) is 10.8. The summed E-state index contributed by atoms with van der Waals surface area (Å²) >= 11 is 0. The van der Waals surface area contributed by atoms with Crippen LogP contribution in [-0.4, -0.2) is 57.6 Å². The van der Waals surface area contributed by atoms with Crippen LogP contribution in [-0.2, 0) is 24.8 Å². The van der Waals surface area contributed by atoms with E-state index in [1.807, 2.05) is 0 Å². The molecule has 0 amide bonds. The Hall–Kier alpha value is -2.28. The van der Waals surface area contributed by atoms with Gasteiger partial charge >= 0.3 is 0 Å². The third-order valence-electron chi connectivity index (χ3n) is 6.02. The van der Waals surface area contributed by atoms with Crippen LogP contribution in [0.4, 0.5) is 5.82 Å². The molecule has 0 radical (unpaired) electrons. The predicted octanol–water partition coefficient (Wildman–Crippen LogP) is 2.03. The molecule has 2 aromatic heterocycles. The van der Waals surface area contributed by atoms with Gasteiger partial charge in [-0.1, -0.05) is 20.8 Å². The van der Waals surface area contributed by atoms with Crippen LogP contribution in [0, 0.1) is 0 Å². The summed E-state index contributed by atoms with van der Waals surface area (Å²) < 4.78 is 1.66. The first kappa shape index (κ1) is 20.0. The van der Waals surface area contributed by atoms with Crippen LogP contribution in [0.25, 0.3) is 0 Å². The molecular weight excluding hydrogens is 364 g/mol. The second-order valence-corrected chi connectivity index (χ2v) is 9.24. The van der Waals surface area contributed by atoms with Gasteiger partial charge in [0, 0.05) is 44.2 Å². The maximum absolute atomic E-state index is 12.4. The average Bonchev–Trinajstić information content (AvgIpc) is 2.72. The molecule has 29 heavy (non-hydrogen) atoms. The summed E-state index contributed by atoms with van der Waals surface area (Å²) in [4.78, 5) is 17.1. The largest absolute Gasteiger partial charge is 0.353 e. The molecular formula is C22H32N6O. The highest BCUT2D eigenvalue weighted by Gasteiger charge is 2.21. The third-order valence-corrected chi connectivity index (χ3v) is 6.02. The van der Waals surface area contributed by atoms with E-state index in [2.05, 4.69) is 58.0 Å². The lowest BCUT2D eigenvalue weighted by Gasteiger charge is -2.35. The van der Waals surface area contributed by atoms with E-state index in [1.54, 1.807) is 10.7 Å². The zero-order valence-electron chi connectivity index (χ0n) is 17.9. The Balaban J connectivity index is 1.31. The number of nitrogens with zero attached hydrogens (tertiary/aromatic N) is 6. The fourth-order valence-corrected chi connectivity index (χ4v) is 4.09. The van der Waals surface area contributed by atoms with Crippen LogP contribution in [0.1, 0.15) is 50.6 Å². The molecule has 7 heteroatoms. The van der Waals surface area contributed by atoms with Gasteiger partial charge in [-0.2, -0.15) is 10.2 Å². The molecule has 3 heterocycles. The molecule has 2 aliphatic rings. The van der Waals surface area contributed by atoms with E-state index in [4.69, 9.17) is 0 Å². The summed E-state index contributed by atoms with van der Waals surface area (Å²) in [6.45, 7) is 11.7. The van der Waals surface area contributed by atoms with Crippen molar-refractivity contribution < 1.29 is 0 Å². The van der Waals surface area contributed by atoms with Crippen molar-refractivity contribution >= 4 is 5.82 Å². The van der Waals surface area contributed by atoms with Crippen LogP contribution >= 0.6 is 0 Å². The zero-order chi connectivity index (χ0) is 20.4. The number of piperazine rings is 1. The Morgan fingerprint density at radius 3 is 2.41 bits per heavy atom. The van der Waals surface area contributed by atoms with Crippen molar-refractivity contribution in [3.05, 3.63) is 45.5 Å². The molecule has 156 valence electrons. The standard InChI is InChI=1S/C22H32N6O/c1-22(2,3)19-8-9-20(24-23-19)27-13-10-26(11-14-27)12-15-28-21(29)16-17-6-4-5-7-18(17)25-28/h8-9,16H,4-7,10-15H2,1-3H3. The second-order valence-electron chi connectivity index (χ2n) is 9.24. The SMILES string of the molecule is CC(C)(C)c1ccc(N2CCN(CCn3nc4c(cc3=O)CCCC4)CC2)nn1. The van der Waals surface area contributed by atoms with Crippen molar-refractivity contribution in [3.63, 3.8) is 0 Å². The molecule has 0 N–H and O–H groups in total. The van der Waals surface area contributed by atoms with Crippen molar-refractivity contribution in [3.8, 4) is 0 Å². The van der Waals surface area contributed by atoms with Crippen molar-refractivity contribution in [2.24, 2.45) is 0 Å². The Labute approximate surface area is 172 Å². The molecule has 1 aliphatic carbocycles. The summed E-state index contributed by atoms with van der Waals surface area (Å²) in [7, 11) is 0. The molecule has 0 aromatic carbocycles. The summed E-state index contributed by atoms with van der Waals surface area (Å²) in [6.07, 6.45) is 4.36. The Morgan fingerprint density at radius 2 is 1.72 bits per heavy atom. The van der Waals surface area contributed by atoms with Gasteiger partial charge in [0.1, 0.15) is 0 Å². The molecule has 0 bridgehead atoms. The smallest absolute Gasteiger partial charge is 0.267 e. The highest BCUT2D eigenvalue weighted by molar-refractivity contribution is 5.38. The molecule has 0 saturated carbocycles. The van der Waals surface area contributed by atoms with Gasteiger partial charge in [-0.3, -0.25) is 9.69 Å². The molecule has 1 saturated heterocycles. The summed E-state index contributed by atoms with van der Waals surface area (Å²) in [5.74, 6) is 0.949. The minimum Gasteiger partial charge on any atom is -0.353 e. The highest BCUT2D eigenvalue weighted by atomic mass is 16.1. The highest BCUT2D eigenvalue weighted by Crippen LogP contribution is 2.21. The minimum atomic E-state index is 0.0209. The van der Waals surface area contributed by atoms with Crippen molar-refractivity contribution in [1.82, 2.24) is 24.9 Å². The maximum Gasteiger partial charge on any atom is 0.267 e. The lowest BCUT2D eigenvalue weighted by molar-refractivity contribution is 0.241. The first-order chi connectivity index (χ1) is 13.9. The number of anilines is 1. The number of aromatic nitrogens is 4. The Morgan fingerprint density at radius 1 is 0.966 bits per heavy atom. The topological polar surface area (TPSA) is 67.2 Å². The Bertz CT molecular complexity index is 891. The maximum atomic E-state index is 12.4. The summed E-state index contributed by atoms with van der Waals surface area (Å²) in [5, 5.41) is 13.5. The van der Waals surface area contributed by atoms with Gasteiger partial charge in [0.15, 0.2) is 5.82 Å². The van der Waals surface area contributed by atoms with Crippen LogP contribution < -0.4 is 10.5 Å². The summed E-state index contributed by atoms with van der Waals surface area (Å²) in [6, 6.07) is 5.97. The Kier molecular flexibility index (Phi) is 5.67. The van der Waals surface area contributed by atoms with Crippen molar-refractivity contribution in [2.75, 3.05) is 37.6 Å². The van der Waals surface area contributed by atoms with E-state index in [-0.39, 0.29) is 11.0 Å². The molecule has 1 fully saturated rings. The van der Waals surface area contributed by atoms with Crippen LogP contribution in [0.3, 0.4) is 0 Å². The second kappa shape index (κ2) is 8.22. The predicted molar refractivity (Wildman–Crippen MR) is 115 cm³/mol. The van der Waals surface area contributed by atoms with E-state index in [0.717, 1.165) is 68.3 Å². The molecule has 7 nitrogen and oxygen atoms in total. The lowest BCUT2D eigenvalue weighted by atomic mass is 9.92. The molecule has 1 aliphatic heterocycles.